The molecular weight excluding hydrogens is 262 g/mol. The zero-order valence-electron chi connectivity index (χ0n) is 13.2. The number of hydrogen-bond donors (Lipinski definition) is 2. The van der Waals surface area contributed by atoms with Crippen molar-refractivity contribution < 1.29 is 0 Å². The number of nitrogens with one attached hydrogen (secondary N) is 1. The molecule has 1 aliphatic carbocycles. The summed E-state index contributed by atoms with van der Waals surface area (Å²) in [4.78, 5) is 2.72. The van der Waals surface area contributed by atoms with Gasteiger partial charge in [0.05, 0.1) is 12.2 Å². The Morgan fingerprint density at radius 1 is 1.24 bits per heavy atom. The molecule has 0 amide bonds. The molecule has 1 unspecified atom stereocenters. The molecule has 1 aromatic heterocycles. The molecule has 0 radical (unpaired) electrons. The third-order valence-electron chi connectivity index (χ3n) is 5.47. The molecule has 3 rings (SSSR count). The smallest absolute Gasteiger partial charge is 0.0674 e. The van der Waals surface area contributed by atoms with Crippen LogP contribution in [-0.4, -0.2) is 33.3 Å². The summed E-state index contributed by atoms with van der Waals surface area (Å²) in [6.07, 6.45) is 13.3. The topological polar surface area (TPSA) is 59.1 Å². The molecule has 118 valence electrons. The van der Waals surface area contributed by atoms with Crippen molar-refractivity contribution in [3.63, 3.8) is 0 Å². The fourth-order valence-electron chi connectivity index (χ4n) is 4.38. The summed E-state index contributed by atoms with van der Waals surface area (Å²) in [5.74, 6) is 6.01. The first-order chi connectivity index (χ1) is 10.3. The highest BCUT2D eigenvalue weighted by atomic mass is 15.3. The lowest BCUT2D eigenvalue weighted by Crippen LogP contribution is -2.57. The Bertz CT molecular complexity index is 443. The summed E-state index contributed by atoms with van der Waals surface area (Å²) >= 11 is 0. The maximum atomic E-state index is 6.01. The van der Waals surface area contributed by atoms with Gasteiger partial charge in [-0.05, 0) is 45.7 Å². The van der Waals surface area contributed by atoms with Crippen LogP contribution in [0.5, 0.6) is 0 Å². The van der Waals surface area contributed by atoms with E-state index in [1.165, 1.54) is 63.6 Å². The normalized spacial score (nSPS) is 24.3. The van der Waals surface area contributed by atoms with Gasteiger partial charge in [-0.1, -0.05) is 19.3 Å². The average molecular weight is 291 g/mol. The van der Waals surface area contributed by atoms with E-state index in [0.717, 1.165) is 6.54 Å². The van der Waals surface area contributed by atoms with Gasteiger partial charge in [-0.25, -0.2) is 0 Å². The highest BCUT2D eigenvalue weighted by molar-refractivity contribution is 5.19. The monoisotopic (exact) mass is 291 g/mol. The maximum absolute atomic E-state index is 6.01. The van der Waals surface area contributed by atoms with Gasteiger partial charge in [-0.15, -0.1) is 0 Å². The Morgan fingerprint density at radius 2 is 1.95 bits per heavy atom. The van der Waals surface area contributed by atoms with E-state index < -0.39 is 0 Å². The van der Waals surface area contributed by atoms with Crippen LogP contribution < -0.4 is 11.3 Å². The van der Waals surface area contributed by atoms with Gasteiger partial charge >= 0.3 is 0 Å². The minimum absolute atomic E-state index is 0.191. The van der Waals surface area contributed by atoms with E-state index in [1.807, 2.05) is 10.9 Å². The Kier molecular flexibility index (Phi) is 4.62. The summed E-state index contributed by atoms with van der Waals surface area (Å²) in [7, 11) is 0. The first-order valence-electron chi connectivity index (χ1n) is 8.53. The molecule has 2 fully saturated rings. The first kappa shape index (κ1) is 15.0. The Morgan fingerprint density at radius 3 is 2.52 bits per heavy atom. The molecule has 2 aliphatic rings. The van der Waals surface area contributed by atoms with Crippen LogP contribution in [0, 0.1) is 0 Å². The van der Waals surface area contributed by atoms with Crippen molar-refractivity contribution in [2.24, 2.45) is 5.84 Å². The molecule has 21 heavy (non-hydrogen) atoms. The third kappa shape index (κ3) is 2.74. The lowest BCUT2D eigenvalue weighted by molar-refractivity contribution is 0.0360. The molecule has 1 aromatic rings. The van der Waals surface area contributed by atoms with Crippen LogP contribution in [-0.2, 0) is 6.54 Å². The van der Waals surface area contributed by atoms with Crippen molar-refractivity contribution in [2.45, 2.75) is 70.0 Å². The van der Waals surface area contributed by atoms with Crippen molar-refractivity contribution in [3.05, 3.63) is 18.0 Å². The molecular formula is C16H29N5. The van der Waals surface area contributed by atoms with Gasteiger partial charge < -0.3 is 0 Å². The second kappa shape index (κ2) is 6.46. The van der Waals surface area contributed by atoms with Gasteiger partial charge in [-0.3, -0.25) is 20.9 Å². The van der Waals surface area contributed by atoms with Gasteiger partial charge in [0.1, 0.15) is 0 Å². The van der Waals surface area contributed by atoms with Crippen LogP contribution in [0.1, 0.15) is 63.5 Å². The predicted molar refractivity (Wildman–Crippen MR) is 84.6 cm³/mol. The van der Waals surface area contributed by atoms with Gasteiger partial charge in [0.2, 0.25) is 0 Å². The van der Waals surface area contributed by atoms with Crippen LogP contribution in [0.15, 0.2) is 12.4 Å². The molecule has 2 heterocycles. The number of hydrazine groups is 1. The average Bonchev–Trinajstić information content (AvgIpc) is 3.19. The van der Waals surface area contributed by atoms with E-state index in [4.69, 9.17) is 5.84 Å². The minimum atomic E-state index is 0.191. The maximum Gasteiger partial charge on any atom is 0.0674 e. The van der Waals surface area contributed by atoms with Crippen LogP contribution in [0.3, 0.4) is 0 Å². The SMILES string of the molecule is CCn1cc(C(NN)C2(N3CCCCC3)CCCC2)cn1. The molecule has 1 saturated carbocycles. The third-order valence-corrected chi connectivity index (χ3v) is 5.47. The highest BCUT2D eigenvalue weighted by Gasteiger charge is 2.46. The molecule has 0 bridgehead atoms. The quantitative estimate of drug-likeness (QED) is 0.645. The Hall–Kier alpha value is -0.910. The van der Waals surface area contributed by atoms with E-state index in [-0.39, 0.29) is 11.6 Å². The van der Waals surface area contributed by atoms with E-state index in [9.17, 15) is 0 Å². The van der Waals surface area contributed by atoms with Crippen LogP contribution in [0.25, 0.3) is 0 Å². The number of nitrogens with two attached hydrogens (primary N) is 1. The molecule has 5 heteroatoms. The largest absolute Gasteiger partial charge is 0.296 e. The van der Waals surface area contributed by atoms with E-state index >= 15 is 0 Å². The summed E-state index contributed by atoms with van der Waals surface area (Å²) < 4.78 is 2.00. The fourth-order valence-corrected chi connectivity index (χ4v) is 4.38. The van der Waals surface area contributed by atoms with Crippen molar-refractivity contribution >= 4 is 0 Å². The second-order valence-corrected chi connectivity index (χ2v) is 6.59. The van der Waals surface area contributed by atoms with Gasteiger partial charge in [0, 0.05) is 23.8 Å². The summed E-state index contributed by atoms with van der Waals surface area (Å²) in [6.45, 7) is 5.48. The molecule has 3 N–H and O–H groups in total. The predicted octanol–water partition coefficient (Wildman–Crippen LogP) is 2.21. The van der Waals surface area contributed by atoms with E-state index in [2.05, 4.69) is 28.5 Å². The molecule has 1 aliphatic heterocycles. The summed E-state index contributed by atoms with van der Waals surface area (Å²) in [6, 6.07) is 0.193. The second-order valence-electron chi connectivity index (χ2n) is 6.59. The van der Waals surface area contributed by atoms with Crippen molar-refractivity contribution in [3.8, 4) is 0 Å². The van der Waals surface area contributed by atoms with Gasteiger partial charge in [-0.2, -0.15) is 5.10 Å². The number of nitrogens with zero attached hydrogens (tertiary/aromatic N) is 3. The number of aryl methyl sites for hydroxylation is 1. The van der Waals surface area contributed by atoms with Crippen molar-refractivity contribution in [2.75, 3.05) is 13.1 Å². The van der Waals surface area contributed by atoms with Gasteiger partial charge in [0.25, 0.3) is 0 Å². The number of rotatable bonds is 5. The lowest BCUT2D eigenvalue weighted by Gasteiger charge is -2.48. The highest BCUT2D eigenvalue weighted by Crippen LogP contribution is 2.45. The zero-order valence-corrected chi connectivity index (χ0v) is 13.2. The fraction of sp³-hybridized carbons (Fsp3) is 0.812. The van der Waals surface area contributed by atoms with Crippen molar-refractivity contribution in [1.82, 2.24) is 20.1 Å². The van der Waals surface area contributed by atoms with Crippen LogP contribution in [0.4, 0.5) is 0 Å². The molecule has 1 saturated heterocycles. The number of aromatic nitrogens is 2. The summed E-state index contributed by atoms with van der Waals surface area (Å²) in [5, 5.41) is 4.45. The number of hydrogen-bond acceptors (Lipinski definition) is 4. The van der Waals surface area contributed by atoms with Crippen LogP contribution >= 0.6 is 0 Å². The Labute approximate surface area is 127 Å². The minimum Gasteiger partial charge on any atom is -0.296 e. The zero-order chi connectivity index (χ0) is 14.7. The molecule has 5 nitrogen and oxygen atoms in total. The number of likely N-dealkylation sites (tertiary alicyclic amines) is 1. The first-order valence-corrected chi connectivity index (χ1v) is 8.53. The van der Waals surface area contributed by atoms with Crippen molar-refractivity contribution in [1.29, 1.82) is 0 Å². The summed E-state index contributed by atoms with van der Waals surface area (Å²) in [5.41, 5.74) is 4.57. The molecule has 0 aromatic carbocycles. The molecule has 0 spiro atoms. The standard InChI is InChI=1S/C16H29N5/c1-2-21-13-14(12-18-21)15(19-17)16(8-4-5-9-16)20-10-6-3-7-11-20/h12-13,15,19H,2-11,17H2,1H3. The molecule has 1 atom stereocenters. The van der Waals surface area contributed by atoms with E-state index in [1.54, 1.807) is 0 Å². The Balaban J connectivity index is 1.89. The van der Waals surface area contributed by atoms with Crippen LogP contribution in [0.2, 0.25) is 0 Å². The van der Waals surface area contributed by atoms with E-state index in [0.29, 0.717) is 0 Å². The number of piperidine rings is 1. The van der Waals surface area contributed by atoms with Gasteiger partial charge in [0.15, 0.2) is 0 Å². The lowest BCUT2D eigenvalue weighted by atomic mass is 9.82.